The van der Waals surface area contributed by atoms with Crippen molar-refractivity contribution in [3.05, 3.63) is 35.4 Å². The van der Waals surface area contributed by atoms with Gasteiger partial charge in [0.1, 0.15) is 11.6 Å². The second-order valence-electron chi connectivity index (χ2n) is 4.80. The van der Waals surface area contributed by atoms with E-state index in [4.69, 9.17) is 0 Å². The van der Waals surface area contributed by atoms with Gasteiger partial charge in [0.05, 0.1) is 0 Å². The molecule has 0 aliphatic heterocycles. The van der Waals surface area contributed by atoms with E-state index in [0.29, 0.717) is 12.3 Å². The third-order valence-electron chi connectivity index (χ3n) is 3.33. The first-order valence-electron chi connectivity index (χ1n) is 6.38. The summed E-state index contributed by atoms with van der Waals surface area (Å²) >= 11 is 0. The molecule has 17 heavy (non-hydrogen) atoms. The Labute approximate surface area is 101 Å². The molecule has 0 heterocycles. The molecular weight excluding hydrogens is 220 g/mol. The Morgan fingerprint density at radius 3 is 2.47 bits per heavy atom. The molecule has 2 rings (SSSR count). The summed E-state index contributed by atoms with van der Waals surface area (Å²) in [6.07, 6.45) is 3.86. The Morgan fingerprint density at radius 2 is 1.94 bits per heavy atom. The lowest BCUT2D eigenvalue weighted by atomic mass is 10.0. The zero-order chi connectivity index (χ0) is 12.3. The van der Waals surface area contributed by atoms with E-state index in [-0.39, 0.29) is 11.6 Å². The third-order valence-corrected chi connectivity index (χ3v) is 3.33. The summed E-state index contributed by atoms with van der Waals surface area (Å²) in [4.78, 5) is 0. The lowest BCUT2D eigenvalue weighted by Gasteiger charge is -2.18. The number of hydrogen-bond donors (Lipinski definition) is 1. The van der Waals surface area contributed by atoms with Crippen molar-refractivity contribution in [2.75, 3.05) is 6.54 Å². The monoisotopic (exact) mass is 239 g/mol. The van der Waals surface area contributed by atoms with Crippen molar-refractivity contribution in [2.24, 2.45) is 5.92 Å². The summed E-state index contributed by atoms with van der Waals surface area (Å²) in [6.45, 7) is 3.01. The maximum Gasteiger partial charge on any atom is 0.129 e. The maximum absolute atomic E-state index is 13.5. The molecule has 1 aromatic rings. The van der Waals surface area contributed by atoms with Crippen LogP contribution >= 0.6 is 0 Å². The van der Waals surface area contributed by atoms with Crippen LogP contribution in [0.1, 0.15) is 31.7 Å². The van der Waals surface area contributed by atoms with Crippen LogP contribution in [0.3, 0.4) is 0 Å². The maximum atomic E-state index is 13.5. The molecule has 1 atom stereocenters. The molecule has 3 heteroatoms. The second kappa shape index (κ2) is 5.58. The normalized spacial score (nSPS) is 17.1. The quantitative estimate of drug-likeness (QED) is 0.803. The van der Waals surface area contributed by atoms with E-state index in [0.717, 1.165) is 13.0 Å². The van der Waals surface area contributed by atoms with Gasteiger partial charge in [-0.15, -0.1) is 0 Å². The summed E-state index contributed by atoms with van der Waals surface area (Å²) < 4.78 is 27.1. The first-order chi connectivity index (χ1) is 8.22. The van der Waals surface area contributed by atoms with Crippen LogP contribution in [0, 0.1) is 17.6 Å². The van der Waals surface area contributed by atoms with Gasteiger partial charge in [0.15, 0.2) is 0 Å². The molecule has 1 aliphatic rings. The highest BCUT2D eigenvalue weighted by molar-refractivity contribution is 5.21. The molecule has 1 nitrogen and oxygen atoms in total. The van der Waals surface area contributed by atoms with Gasteiger partial charge in [-0.25, -0.2) is 8.78 Å². The molecule has 0 amide bonds. The van der Waals surface area contributed by atoms with E-state index >= 15 is 0 Å². The predicted molar refractivity (Wildman–Crippen MR) is 64.9 cm³/mol. The number of benzene rings is 1. The second-order valence-corrected chi connectivity index (χ2v) is 4.80. The van der Waals surface area contributed by atoms with Crippen molar-refractivity contribution < 1.29 is 8.78 Å². The standard InChI is InChI=1S/C14H19F2N/c1-2-8-17-14(10-6-7-10)9-11-12(15)4-3-5-13(11)16/h3-5,10,14,17H,2,6-9H2,1H3. The van der Waals surface area contributed by atoms with Gasteiger partial charge in [0.2, 0.25) is 0 Å². The van der Waals surface area contributed by atoms with Crippen molar-refractivity contribution in [3.63, 3.8) is 0 Å². The summed E-state index contributed by atoms with van der Waals surface area (Å²) in [6, 6.07) is 4.31. The van der Waals surface area contributed by atoms with Crippen molar-refractivity contribution in [2.45, 2.75) is 38.6 Å². The molecule has 0 aromatic heterocycles. The van der Waals surface area contributed by atoms with Gasteiger partial charge < -0.3 is 5.32 Å². The van der Waals surface area contributed by atoms with Gasteiger partial charge in [-0.3, -0.25) is 0 Å². The van der Waals surface area contributed by atoms with Gasteiger partial charge in [0.25, 0.3) is 0 Å². The van der Waals surface area contributed by atoms with E-state index in [2.05, 4.69) is 12.2 Å². The average Bonchev–Trinajstić information content (AvgIpc) is 3.12. The van der Waals surface area contributed by atoms with Crippen molar-refractivity contribution in [3.8, 4) is 0 Å². The fourth-order valence-electron chi connectivity index (χ4n) is 2.18. The Balaban J connectivity index is 2.06. The van der Waals surface area contributed by atoms with Crippen molar-refractivity contribution in [1.82, 2.24) is 5.32 Å². The van der Waals surface area contributed by atoms with Gasteiger partial charge in [-0.2, -0.15) is 0 Å². The summed E-state index contributed by atoms with van der Waals surface area (Å²) in [5, 5.41) is 3.40. The first-order valence-corrected chi connectivity index (χ1v) is 6.38. The van der Waals surface area contributed by atoms with Gasteiger partial charge in [-0.05, 0) is 50.3 Å². The SMILES string of the molecule is CCCNC(Cc1c(F)cccc1F)C1CC1. The Morgan fingerprint density at radius 1 is 1.29 bits per heavy atom. The van der Waals surface area contributed by atoms with Crippen LogP contribution < -0.4 is 5.32 Å². The minimum atomic E-state index is -0.422. The molecular formula is C14H19F2N. The van der Waals surface area contributed by atoms with Gasteiger partial charge in [-0.1, -0.05) is 13.0 Å². The molecule has 94 valence electrons. The molecule has 0 radical (unpaired) electrons. The minimum absolute atomic E-state index is 0.223. The zero-order valence-electron chi connectivity index (χ0n) is 10.2. The molecule has 1 aromatic carbocycles. The zero-order valence-corrected chi connectivity index (χ0v) is 10.2. The minimum Gasteiger partial charge on any atom is -0.313 e. The molecule has 0 saturated heterocycles. The molecule has 1 N–H and O–H groups in total. The molecule has 1 fully saturated rings. The van der Waals surface area contributed by atoms with Crippen LogP contribution in [0.15, 0.2) is 18.2 Å². The molecule has 0 bridgehead atoms. The molecule has 0 spiro atoms. The van der Waals surface area contributed by atoms with Crippen LogP contribution in [0.2, 0.25) is 0 Å². The number of halogens is 2. The van der Waals surface area contributed by atoms with Crippen LogP contribution in [0.5, 0.6) is 0 Å². The number of nitrogens with one attached hydrogen (secondary N) is 1. The van der Waals surface area contributed by atoms with Crippen LogP contribution in [-0.4, -0.2) is 12.6 Å². The first kappa shape index (κ1) is 12.5. The topological polar surface area (TPSA) is 12.0 Å². The molecule has 1 aliphatic carbocycles. The summed E-state index contributed by atoms with van der Waals surface area (Å²) in [5.41, 5.74) is 0.230. The lowest BCUT2D eigenvalue weighted by Crippen LogP contribution is -2.34. The van der Waals surface area contributed by atoms with Crippen LogP contribution in [0.25, 0.3) is 0 Å². The highest BCUT2D eigenvalue weighted by Crippen LogP contribution is 2.34. The highest BCUT2D eigenvalue weighted by Gasteiger charge is 2.31. The Kier molecular flexibility index (Phi) is 4.11. The van der Waals surface area contributed by atoms with Crippen molar-refractivity contribution in [1.29, 1.82) is 0 Å². The van der Waals surface area contributed by atoms with E-state index in [1.54, 1.807) is 0 Å². The largest absolute Gasteiger partial charge is 0.313 e. The van der Waals surface area contributed by atoms with Gasteiger partial charge >= 0.3 is 0 Å². The fourth-order valence-corrected chi connectivity index (χ4v) is 2.18. The van der Waals surface area contributed by atoms with Crippen LogP contribution in [-0.2, 0) is 6.42 Å². The number of hydrogen-bond acceptors (Lipinski definition) is 1. The summed E-state index contributed by atoms with van der Waals surface area (Å²) in [5.74, 6) is -0.247. The number of rotatable bonds is 6. The predicted octanol–water partition coefficient (Wildman–Crippen LogP) is 3.29. The van der Waals surface area contributed by atoms with E-state index in [1.165, 1.54) is 31.0 Å². The van der Waals surface area contributed by atoms with E-state index in [1.807, 2.05) is 0 Å². The molecule has 1 unspecified atom stereocenters. The molecule has 1 saturated carbocycles. The Hall–Kier alpha value is -0.960. The Bertz CT molecular complexity index is 354. The summed E-state index contributed by atoms with van der Waals surface area (Å²) in [7, 11) is 0. The van der Waals surface area contributed by atoms with E-state index < -0.39 is 11.6 Å². The highest BCUT2D eigenvalue weighted by atomic mass is 19.1. The van der Waals surface area contributed by atoms with E-state index in [9.17, 15) is 8.78 Å². The third kappa shape index (κ3) is 3.25. The average molecular weight is 239 g/mol. The fraction of sp³-hybridized carbons (Fsp3) is 0.571. The lowest BCUT2D eigenvalue weighted by molar-refractivity contribution is 0.440. The van der Waals surface area contributed by atoms with Crippen LogP contribution in [0.4, 0.5) is 8.78 Å². The van der Waals surface area contributed by atoms with Gasteiger partial charge in [0, 0.05) is 11.6 Å². The smallest absolute Gasteiger partial charge is 0.129 e. The van der Waals surface area contributed by atoms with Crippen molar-refractivity contribution >= 4 is 0 Å².